The highest BCUT2D eigenvalue weighted by Gasteiger charge is 2.17. The third-order valence-electron chi connectivity index (χ3n) is 5.35. The van der Waals surface area contributed by atoms with Gasteiger partial charge < -0.3 is 15.6 Å². The molecular formula is C23H25NO5. The van der Waals surface area contributed by atoms with Gasteiger partial charge in [-0.25, -0.2) is 4.79 Å². The van der Waals surface area contributed by atoms with Gasteiger partial charge in [-0.3, -0.25) is 9.59 Å². The molecule has 0 aromatic heterocycles. The lowest BCUT2D eigenvalue weighted by molar-refractivity contribution is -0.134. The molecule has 6 heteroatoms. The molecule has 2 aromatic rings. The number of esters is 1. The fraction of sp³-hybridized carbons (Fsp3) is 0.348. The van der Waals surface area contributed by atoms with Gasteiger partial charge in [-0.1, -0.05) is 44.2 Å². The van der Waals surface area contributed by atoms with Crippen molar-refractivity contribution in [2.24, 2.45) is 11.7 Å². The molecule has 152 valence electrons. The number of aromatic carboxylic acids is 1. The first-order valence-corrected chi connectivity index (χ1v) is 9.91. The van der Waals surface area contributed by atoms with E-state index >= 15 is 0 Å². The van der Waals surface area contributed by atoms with E-state index in [-0.39, 0.29) is 17.3 Å². The van der Waals surface area contributed by atoms with Crippen molar-refractivity contribution in [2.75, 3.05) is 0 Å². The van der Waals surface area contributed by atoms with E-state index < -0.39 is 11.9 Å². The molecule has 6 nitrogen and oxygen atoms in total. The maximum absolute atomic E-state index is 12.3. The molecule has 3 N–H and O–H groups in total. The Hall–Kier alpha value is -3.15. The van der Waals surface area contributed by atoms with Crippen LogP contribution in [0.4, 0.5) is 0 Å². The largest absolute Gasteiger partial charge is 0.478 e. The molecule has 1 aliphatic rings. The third-order valence-corrected chi connectivity index (χ3v) is 5.35. The van der Waals surface area contributed by atoms with Crippen molar-refractivity contribution in [1.29, 1.82) is 0 Å². The van der Waals surface area contributed by atoms with Crippen LogP contribution in [0, 0.1) is 5.92 Å². The maximum Gasteiger partial charge on any atom is 0.335 e. The number of ether oxygens (including phenoxy) is 1. The van der Waals surface area contributed by atoms with Crippen LogP contribution in [0.3, 0.4) is 0 Å². The standard InChI is InChI=1S/C23H25NO5/c24-22(26)17-8-4-7-16(11-17)18-12-19(23(27)28)14-20(13-18)29-21(25)10-9-15-5-2-1-3-6-15/h4,7-8,11-15H,1-3,5-6,9-10H2,(H2,24,26)(H,27,28). The molecule has 1 amide bonds. The van der Waals surface area contributed by atoms with E-state index in [9.17, 15) is 19.5 Å². The molecule has 0 atom stereocenters. The van der Waals surface area contributed by atoms with Gasteiger partial charge in [-0.05, 0) is 53.8 Å². The summed E-state index contributed by atoms with van der Waals surface area (Å²) in [5.41, 5.74) is 6.79. The van der Waals surface area contributed by atoms with Gasteiger partial charge in [0.15, 0.2) is 0 Å². The second kappa shape index (κ2) is 9.37. The number of carboxylic acid groups (broad SMARTS) is 1. The molecule has 2 aromatic carbocycles. The van der Waals surface area contributed by atoms with Crippen LogP contribution in [-0.4, -0.2) is 23.0 Å². The minimum atomic E-state index is -1.13. The average molecular weight is 395 g/mol. The summed E-state index contributed by atoms with van der Waals surface area (Å²) in [7, 11) is 0. The summed E-state index contributed by atoms with van der Waals surface area (Å²) >= 11 is 0. The zero-order valence-electron chi connectivity index (χ0n) is 16.2. The van der Waals surface area contributed by atoms with E-state index in [0.717, 1.165) is 19.3 Å². The van der Waals surface area contributed by atoms with Crippen LogP contribution in [0.2, 0.25) is 0 Å². The number of benzene rings is 2. The Labute approximate surface area is 169 Å². The molecule has 0 saturated heterocycles. The normalized spacial score (nSPS) is 14.3. The second-order valence-corrected chi connectivity index (χ2v) is 7.51. The maximum atomic E-state index is 12.3. The molecule has 0 heterocycles. The molecule has 1 saturated carbocycles. The number of carbonyl (C=O) groups excluding carboxylic acids is 2. The van der Waals surface area contributed by atoms with Crippen LogP contribution in [0.15, 0.2) is 42.5 Å². The van der Waals surface area contributed by atoms with E-state index in [1.54, 1.807) is 30.3 Å². The monoisotopic (exact) mass is 395 g/mol. The predicted molar refractivity (Wildman–Crippen MR) is 109 cm³/mol. The Balaban J connectivity index is 1.77. The lowest BCUT2D eigenvalue weighted by Gasteiger charge is -2.20. The van der Waals surface area contributed by atoms with Crippen molar-refractivity contribution in [3.05, 3.63) is 53.6 Å². The highest BCUT2D eigenvalue weighted by atomic mass is 16.5. The van der Waals surface area contributed by atoms with E-state index in [0.29, 0.717) is 29.0 Å². The number of primary amides is 1. The van der Waals surface area contributed by atoms with E-state index in [1.807, 2.05) is 0 Å². The first-order chi connectivity index (χ1) is 13.9. The zero-order valence-corrected chi connectivity index (χ0v) is 16.2. The number of carboxylic acids is 1. The number of carbonyl (C=O) groups is 3. The molecule has 0 spiro atoms. The molecule has 3 rings (SSSR count). The summed E-state index contributed by atoms with van der Waals surface area (Å²) < 4.78 is 5.44. The Kier molecular flexibility index (Phi) is 6.65. The van der Waals surface area contributed by atoms with Crippen molar-refractivity contribution < 1.29 is 24.2 Å². The van der Waals surface area contributed by atoms with Crippen molar-refractivity contribution in [3.63, 3.8) is 0 Å². The highest BCUT2D eigenvalue weighted by molar-refractivity contribution is 5.95. The topological polar surface area (TPSA) is 107 Å². The summed E-state index contributed by atoms with van der Waals surface area (Å²) in [6.07, 6.45) is 7.12. The number of rotatable bonds is 7. The predicted octanol–water partition coefficient (Wildman–Crippen LogP) is 4.42. The first-order valence-electron chi connectivity index (χ1n) is 9.91. The van der Waals surface area contributed by atoms with Crippen molar-refractivity contribution in [2.45, 2.75) is 44.9 Å². The number of amides is 1. The van der Waals surface area contributed by atoms with Gasteiger partial charge in [-0.2, -0.15) is 0 Å². The minimum absolute atomic E-state index is 0.00191. The van der Waals surface area contributed by atoms with Gasteiger partial charge in [0.05, 0.1) is 5.56 Å². The third kappa shape index (κ3) is 5.67. The van der Waals surface area contributed by atoms with Crippen LogP contribution >= 0.6 is 0 Å². The van der Waals surface area contributed by atoms with Gasteiger partial charge in [-0.15, -0.1) is 0 Å². The molecule has 0 unspecified atom stereocenters. The first kappa shape index (κ1) is 20.6. The van der Waals surface area contributed by atoms with Gasteiger partial charge in [0.2, 0.25) is 5.91 Å². The van der Waals surface area contributed by atoms with Gasteiger partial charge >= 0.3 is 11.9 Å². The van der Waals surface area contributed by atoms with E-state index in [2.05, 4.69) is 0 Å². The number of nitrogens with two attached hydrogens (primary N) is 1. The molecule has 1 aliphatic carbocycles. The molecular weight excluding hydrogens is 370 g/mol. The van der Waals surface area contributed by atoms with Crippen LogP contribution in [0.5, 0.6) is 5.75 Å². The summed E-state index contributed by atoms with van der Waals surface area (Å²) in [6.45, 7) is 0. The Morgan fingerprint density at radius 3 is 2.38 bits per heavy atom. The minimum Gasteiger partial charge on any atom is -0.478 e. The Bertz CT molecular complexity index is 915. The quantitative estimate of drug-likeness (QED) is 0.533. The second-order valence-electron chi connectivity index (χ2n) is 7.51. The number of hydrogen-bond donors (Lipinski definition) is 2. The lowest BCUT2D eigenvalue weighted by Crippen LogP contribution is -2.13. The van der Waals surface area contributed by atoms with Crippen molar-refractivity contribution in [3.8, 4) is 16.9 Å². The highest BCUT2D eigenvalue weighted by Crippen LogP contribution is 2.29. The molecule has 0 bridgehead atoms. The summed E-state index contributed by atoms with van der Waals surface area (Å²) in [5.74, 6) is -1.32. The molecule has 0 aliphatic heterocycles. The average Bonchev–Trinajstić information content (AvgIpc) is 2.73. The lowest BCUT2D eigenvalue weighted by atomic mass is 9.86. The van der Waals surface area contributed by atoms with E-state index in [1.165, 1.54) is 31.4 Å². The van der Waals surface area contributed by atoms with Gasteiger partial charge in [0.25, 0.3) is 0 Å². The van der Waals surface area contributed by atoms with Crippen LogP contribution in [0.1, 0.15) is 65.7 Å². The summed E-state index contributed by atoms with van der Waals surface area (Å²) in [5, 5.41) is 9.42. The fourth-order valence-electron chi connectivity index (χ4n) is 3.78. The van der Waals surface area contributed by atoms with Gasteiger partial charge in [0.1, 0.15) is 5.75 Å². The Morgan fingerprint density at radius 1 is 0.966 bits per heavy atom. The smallest absolute Gasteiger partial charge is 0.335 e. The summed E-state index contributed by atoms with van der Waals surface area (Å²) in [6, 6.07) is 11.0. The van der Waals surface area contributed by atoms with Gasteiger partial charge in [0, 0.05) is 12.0 Å². The molecule has 0 radical (unpaired) electrons. The molecule has 29 heavy (non-hydrogen) atoms. The SMILES string of the molecule is NC(=O)c1cccc(-c2cc(OC(=O)CCC3CCCCC3)cc(C(=O)O)c2)c1. The van der Waals surface area contributed by atoms with Crippen molar-refractivity contribution in [1.82, 2.24) is 0 Å². The summed E-state index contributed by atoms with van der Waals surface area (Å²) in [4.78, 5) is 35.2. The van der Waals surface area contributed by atoms with Crippen LogP contribution in [-0.2, 0) is 4.79 Å². The van der Waals surface area contributed by atoms with Crippen LogP contribution < -0.4 is 10.5 Å². The fourth-order valence-corrected chi connectivity index (χ4v) is 3.78. The Morgan fingerprint density at radius 2 is 1.69 bits per heavy atom. The van der Waals surface area contributed by atoms with Crippen molar-refractivity contribution >= 4 is 17.8 Å². The zero-order chi connectivity index (χ0) is 20.8. The molecule has 1 fully saturated rings. The number of hydrogen-bond acceptors (Lipinski definition) is 4. The van der Waals surface area contributed by atoms with E-state index in [4.69, 9.17) is 10.5 Å². The van der Waals surface area contributed by atoms with Crippen LogP contribution in [0.25, 0.3) is 11.1 Å².